The highest BCUT2D eigenvalue weighted by molar-refractivity contribution is 7.80. The molecule has 0 saturated heterocycles. The van der Waals surface area contributed by atoms with Gasteiger partial charge in [-0.2, -0.15) is 0 Å². The van der Waals surface area contributed by atoms with Crippen LogP contribution in [0.4, 0.5) is 11.4 Å². The molecule has 1 amide bonds. The predicted molar refractivity (Wildman–Crippen MR) is 109 cm³/mol. The van der Waals surface area contributed by atoms with Crippen LogP contribution >= 0.6 is 23.8 Å². The summed E-state index contributed by atoms with van der Waals surface area (Å²) in [4.78, 5) is 22.7. The molecular weight excluding hydrogens is 390 g/mol. The molecule has 2 aromatic rings. The van der Waals surface area contributed by atoms with Gasteiger partial charge >= 0.3 is 0 Å². The average molecular weight is 408 g/mol. The highest BCUT2D eigenvalue weighted by atomic mass is 35.5. The summed E-state index contributed by atoms with van der Waals surface area (Å²) in [5.41, 5.74) is 1.22. The van der Waals surface area contributed by atoms with Crippen molar-refractivity contribution >= 4 is 46.2 Å². The number of amides is 1. The zero-order valence-corrected chi connectivity index (χ0v) is 16.5. The molecule has 142 valence electrons. The Bertz CT molecular complexity index is 902. The number of benzene rings is 2. The first-order valence-corrected chi connectivity index (χ1v) is 8.79. The number of ether oxygens (including phenoxy) is 1. The number of nitro groups is 1. The van der Waals surface area contributed by atoms with Crippen LogP contribution in [0.5, 0.6) is 5.75 Å². The van der Waals surface area contributed by atoms with Gasteiger partial charge in [-0.3, -0.25) is 20.2 Å². The van der Waals surface area contributed by atoms with Crippen LogP contribution in [-0.4, -0.2) is 22.0 Å². The minimum Gasteiger partial charge on any atom is -0.491 e. The van der Waals surface area contributed by atoms with Gasteiger partial charge in [-0.25, -0.2) is 0 Å². The molecule has 0 aliphatic rings. The monoisotopic (exact) mass is 407 g/mol. The van der Waals surface area contributed by atoms with Gasteiger partial charge in [-0.05, 0) is 62.8 Å². The number of nitro benzene ring substituents is 1. The van der Waals surface area contributed by atoms with E-state index in [4.69, 9.17) is 28.6 Å². The fourth-order valence-corrected chi connectivity index (χ4v) is 2.69. The lowest BCUT2D eigenvalue weighted by atomic mass is 10.2. The lowest BCUT2D eigenvalue weighted by molar-refractivity contribution is -0.384. The summed E-state index contributed by atoms with van der Waals surface area (Å²) in [7, 11) is 0. The van der Waals surface area contributed by atoms with Gasteiger partial charge < -0.3 is 10.1 Å². The molecule has 0 unspecified atom stereocenters. The number of anilines is 1. The van der Waals surface area contributed by atoms with Crippen LogP contribution in [0.25, 0.3) is 0 Å². The Morgan fingerprint density at radius 3 is 2.63 bits per heavy atom. The molecule has 0 bridgehead atoms. The van der Waals surface area contributed by atoms with Crippen LogP contribution in [-0.2, 0) is 0 Å². The van der Waals surface area contributed by atoms with Gasteiger partial charge in [0, 0.05) is 17.3 Å². The van der Waals surface area contributed by atoms with Crippen molar-refractivity contribution in [1.82, 2.24) is 5.32 Å². The minimum absolute atomic E-state index is 0.0130. The first-order chi connectivity index (χ1) is 12.7. The lowest BCUT2D eigenvalue weighted by Crippen LogP contribution is -2.34. The lowest BCUT2D eigenvalue weighted by Gasteiger charge is -2.13. The summed E-state index contributed by atoms with van der Waals surface area (Å²) in [6, 6.07) is 9.45. The van der Waals surface area contributed by atoms with E-state index in [9.17, 15) is 14.9 Å². The Kier molecular flexibility index (Phi) is 6.70. The zero-order valence-electron chi connectivity index (χ0n) is 14.9. The molecule has 2 rings (SSSR count). The summed E-state index contributed by atoms with van der Waals surface area (Å²) in [5, 5.41) is 16.3. The fraction of sp³-hybridized carbons (Fsp3) is 0.222. The standard InChI is InChI=1S/C18H18ClN3O4S/c1-10(2)26-13-6-4-5-12(8-13)17(23)21-18(27)20-15-9-14(19)16(22(24)25)7-11(15)3/h4-10H,1-3H3,(H2,20,21,23,27). The number of halogens is 1. The van der Waals surface area contributed by atoms with Crippen LogP contribution in [0.3, 0.4) is 0 Å². The van der Waals surface area contributed by atoms with Crippen molar-refractivity contribution in [2.75, 3.05) is 5.32 Å². The van der Waals surface area contributed by atoms with Gasteiger partial charge in [0.25, 0.3) is 11.6 Å². The van der Waals surface area contributed by atoms with Crippen molar-refractivity contribution < 1.29 is 14.5 Å². The summed E-state index contributed by atoms with van der Waals surface area (Å²) in [5.74, 6) is 0.168. The Morgan fingerprint density at radius 2 is 2.00 bits per heavy atom. The van der Waals surface area contributed by atoms with Gasteiger partial charge in [0.15, 0.2) is 5.11 Å². The number of nitrogens with zero attached hydrogens (tertiary/aromatic N) is 1. The van der Waals surface area contributed by atoms with Crippen molar-refractivity contribution in [3.63, 3.8) is 0 Å². The van der Waals surface area contributed by atoms with E-state index in [1.165, 1.54) is 12.1 Å². The molecule has 2 aromatic carbocycles. The van der Waals surface area contributed by atoms with Crippen molar-refractivity contribution in [1.29, 1.82) is 0 Å². The SMILES string of the molecule is Cc1cc([N+](=O)[O-])c(Cl)cc1NC(=S)NC(=O)c1cccc(OC(C)C)c1. The van der Waals surface area contributed by atoms with Crippen LogP contribution in [0.15, 0.2) is 36.4 Å². The largest absolute Gasteiger partial charge is 0.491 e. The molecular formula is C18H18ClN3O4S. The second-order valence-corrected chi connectivity index (χ2v) is 6.79. The number of thiocarbonyl (C=S) groups is 1. The van der Waals surface area contributed by atoms with E-state index in [1.54, 1.807) is 31.2 Å². The first kappa shape index (κ1) is 20.6. The maximum absolute atomic E-state index is 12.4. The molecule has 0 aliphatic heterocycles. The van der Waals surface area contributed by atoms with E-state index in [1.807, 2.05) is 13.8 Å². The molecule has 0 aliphatic carbocycles. The van der Waals surface area contributed by atoms with Crippen LogP contribution < -0.4 is 15.4 Å². The smallest absolute Gasteiger partial charge is 0.288 e. The quantitative estimate of drug-likeness (QED) is 0.431. The summed E-state index contributed by atoms with van der Waals surface area (Å²) in [6.45, 7) is 5.45. The van der Waals surface area contributed by atoms with Gasteiger partial charge in [0.2, 0.25) is 0 Å². The molecule has 0 heterocycles. The average Bonchev–Trinajstić information content (AvgIpc) is 2.57. The Labute approximate surface area is 166 Å². The Balaban J connectivity index is 2.09. The van der Waals surface area contributed by atoms with E-state index in [2.05, 4.69) is 10.6 Å². The zero-order chi connectivity index (χ0) is 20.1. The third kappa shape index (κ3) is 5.63. The molecule has 0 fully saturated rings. The maximum atomic E-state index is 12.4. The Hall–Kier alpha value is -2.71. The molecule has 7 nitrogen and oxygen atoms in total. The highest BCUT2D eigenvalue weighted by Gasteiger charge is 2.16. The Morgan fingerprint density at radius 1 is 1.30 bits per heavy atom. The predicted octanol–water partition coefficient (Wildman–Crippen LogP) is 4.47. The number of rotatable bonds is 5. The first-order valence-electron chi connectivity index (χ1n) is 8.01. The molecule has 0 atom stereocenters. The number of carbonyl (C=O) groups is 1. The van der Waals surface area contributed by atoms with Crippen molar-refractivity contribution in [3.05, 3.63) is 62.7 Å². The molecule has 0 aromatic heterocycles. The number of hydrogen-bond donors (Lipinski definition) is 2. The van der Waals surface area contributed by atoms with Crippen LogP contribution in [0.1, 0.15) is 29.8 Å². The third-order valence-electron chi connectivity index (χ3n) is 3.43. The number of aryl methyl sites for hydroxylation is 1. The van der Waals surface area contributed by atoms with Gasteiger partial charge in [0.1, 0.15) is 10.8 Å². The second-order valence-electron chi connectivity index (χ2n) is 5.98. The van der Waals surface area contributed by atoms with Gasteiger partial charge in [-0.1, -0.05) is 17.7 Å². The van der Waals surface area contributed by atoms with Gasteiger partial charge in [-0.15, -0.1) is 0 Å². The van der Waals surface area contributed by atoms with Crippen LogP contribution in [0, 0.1) is 17.0 Å². The normalized spacial score (nSPS) is 10.4. The summed E-state index contributed by atoms with van der Waals surface area (Å²) in [6.07, 6.45) is -0.0130. The van der Waals surface area contributed by atoms with Gasteiger partial charge in [0.05, 0.1) is 11.0 Å². The number of nitrogens with one attached hydrogen (secondary N) is 2. The molecule has 0 saturated carbocycles. The van der Waals surface area contributed by atoms with Crippen molar-refractivity contribution in [3.8, 4) is 5.75 Å². The van der Waals surface area contributed by atoms with E-state index >= 15 is 0 Å². The summed E-state index contributed by atoms with van der Waals surface area (Å²) < 4.78 is 5.57. The molecule has 0 spiro atoms. The minimum atomic E-state index is -0.564. The van der Waals surface area contributed by atoms with E-state index < -0.39 is 10.8 Å². The molecule has 0 radical (unpaired) electrons. The van der Waals surface area contributed by atoms with Crippen LogP contribution in [0.2, 0.25) is 5.02 Å². The molecule has 9 heteroatoms. The third-order valence-corrected chi connectivity index (χ3v) is 3.94. The maximum Gasteiger partial charge on any atom is 0.288 e. The molecule has 27 heavy (non-hydrogen) atoms. The van der Waals surface area contributed by atoms with Crippen molar-refractivity contribution in [2.24, 2.45) is 0 Å². The topological polar surface area (TPSA) is 93.5 Å². The number of carbonyl (C=O) groups excluding carboxylic acids is 1. The van der Waals surface area contributed by atoms with E-state index in [0.717, 1.165) is 0 Å². The fourth-order valence-electron chi connectivity index (χ4n) is 2.25. The van der Waals surface area contributed by atoms with E-state index in [0.29, 0.717) is 22.6 Å². The summed E-state index contributed by atoms with van der Waals surface area (Å²) >= 11 is 11.1. The van der Waals surface area contributed by atoms with Crippen molar-refractivity contribution in [2.45, 2.75) is 26.9 Å². The van der Waals surface area contributed by atoms with E-state index in [-0.39, 0.29) is 21.9 Å². The highest BCUT2D eigenvalue weighted by Crippen LogP contribution is 2.30. The molecule has 2 N–H and O–H groups in total. The second kappa shape index (κ2) is 8.79. The number of hydrogen-bond acceptors (Lipinski definition) is 5.